The zero-order valence-electron chi connectivity index (χ0n) is 30.3. The maximum absolute atomic E-state index is 13.7. The third-order valence-corrected chi connectivity index (χ3v) is 10.4. The fourth-order valence-electron chi connectivity index (χ4n) is 8.11. The summed E-state index contributed by atoms with van der Waals surface area (Å²) in [6.07, 6.45) is 3.23. The van der Waals surface area contributed by atoms with Crippen LogP contribution in [0.5, 0.6) is 0 Å². The smallest absolute Gasteiger partial charge is 0.252 e. The number of hydroxylamine groups is 2. The van der Waals surface area contributed by atoms with Crippen molar-refractivity contribution in [2.75, 3.05) is 0 Å². The molecule has 0 bridgehead atoms. The van der Waals surface area contributed by atoms with Gasteiger partial charge in [0, 0.05) is 48.3 Å². The summed E-state index contributed by atoms with van der Waals surface area (Å²) < 4.78 is 4.52. The van der Waals surface area contributed by atoms with Crippen LogP contribution >= 0.6 is 0 Å². The molecule has 1 saturated heterocycles. The van der Waals surface area contributed by atoms with Gasteiger partial charge in [0.15, 0.2) is 0 Å². The standard InChI is InChI=1S/C42H48N6O2/c1-8-13-37-45-38-27(2)22-30(39-44-34-16-11-12-17-35(34)46(39)7)23-36(38)47(37)26-28-18-20-29(21-19-28)32-14-9-10-15-33(32)40(49)43-31-24-41(3,4)48(50)42(5,6)25-31/h9-12,14-23,31,50H,8,13,24-26H2,1-7H3,(H,43,49). The van der Waals surface area contributed by atoms with Crippen molar-refractivity contribution in [1.82, 2.24) is 29.5 Å². The number of nitrogens with zero attached hydrogens (tertiary/aromatic N) is 5. The molecule has 8 nitrogen and oxygen atoms in total. The van der Waals surface area contributed by atoms with Crippen LogP contribution in [0.4, 0.5) is 0 Å². The number of carbonyl (C=O) groups is 1. The molecule has 1 fully saturated rings. The molecule has 0 radical (unpaired) electrons. The minimum atomic E-state index is -0.445. The molecule has 1 amide bonds. The lowest BCUT2D eigenvalue weighted by molar-refractivity contribution is -0.245. The molecule has 0 atom stereocenters. The van der Waals surface area contributed by atoms with E-state index in [1.807, 2.05) is 58.0 Å². The van der Waals surface area contributed by atoms with Crippen molar-refractivity contribution in [2.24, 2.45) is 7.05 Å². The molecule has 0 unspecified atom stereocenters. The number of para-hydroxylation sites is 2. The Morgan fingerprint density at radius 3 is 2.26 bits per heavy atom. The molecule has 2 aromatic heterocycles. The van der Waals surface area contributed by atoms with E-state index in [9.17, 15) is 10.0 Å². The molecule has 0 spiro atoms. The van der Waals surface area contributed by atoms with E-state index in [2.05, 4.69) is 89.9 Å². The number of piperidine rings is 1. The van der Waals surface area contributed by atoms with E-state index >= 15 is 0 Å². The molecule has 0 aliphatic carbocycles. The molecule has 2 N–H and O–H groups in total. The van der Waals surface area contributed by atoms with Gasteiger partial charge in [0.1, 0.15) is 11.6 Å². The number of fused-ring (bicyclic) bond motifs is 2. The molecule has 50 heavy (non-hydrogen) atoms. The van der Waals surface area contributed by atoms with Crippen LogP contribution in [0, 0.1) is 6.92 Å². The maximum atomic E-state index is 13.7. The van der Waals surface area contributed by atoms with Crippen molar-refractivity contribution in [3.63, 3.8) is 0 Å². The summed E-state index contributed by atoms with van der Waals surface area (Å²) in [4.78, 5) is 23.9. The molecule has 0 saturated carbocycles. The molecule has 3 heterocycles. The van der Waals surface area contributed by atoms with Gasteiger partial charge in [0.25, 0.3) is 5.91 Å². The van der Waals surface area contributed by atoms with E-state index < -0.39 is 11.1 Å². The molecule has 258 valence electrons. The number of amides is 1. The topological polar surface area (TPSA) is 88.2 Å². The second-order valence-corrected chi connectivity index (χ2v) is 15.3. The Hall–Kier alpha value is -4.79. The van der Waals surface area contributed by atoms with Gasteiger partial charge in [0.05, 0.1) is 22.1 Å². The predicted molar refractivity (Wildman–Crippen MR) is 201 cm³/mol. The molecule has 1 aliphatic heterocycles. The van der Waals surface area contributed by atoms with E-state index in [4.69, 9.17) is 9.97 Å². The zero-order valence-corrected chi connectivity index (χ0v) is 30.3. The summed E-state index contributed by atoms with van der Waals surface area (Å²) in [5.41, 5.74) is 9.28. The Kier molecular flexibility index (Phi) is 8.65. The normalized spacial score (nSPS) is 16.3. The number of aryl methyl sites for hydroxylation is 3. The quantitative estimate of drug-likeness (QED) is 0.169. The number of hydrogen-bond acceptors (Lipinski definition) is 5. The third-order valence-electron chi connectivity index (χ3n) is 10.4. The minimum Gasteiger partial charge on any atom is -0.349 e. The SMILES string of the molecule is CCCc1nc2c(C)cc(-c3nc4ccccc4n3C)cc2n1Cc1ccc(-c2ccccc2C(=O)NC2CC(C)(C)N(O)C(C)(C)C2)cc1. The van der Waals surface area contributed by atoms with Crippen LogP contribution in [0.15, 0.2) is 84.9 Å². The molecule has 8 heteroatoms. The van der Waals surface area contributed by atoms with E-state index in [-0.39, 0.29) is 11.9 Å². The minimum absolute atomic E-state index is 0.0470. The van der Waals surface area contributed by atoms with Crippen LogP contribution in [0.1, 0.15) is 81.2 Å². The summed E-state index contributed by atoms with van der Waals surface area (Å²) in [6.45, 7) is 13.1. The van der Waals surface area contributed by atoms with Crippen LogP contribution in [-0.4, -0.2) is 52.4 Å². The molecule has 1 aliphatic rings. The Morgan fingerprint density at radius 2 is 1.56 bits per heavy atom. The van der Waals surface area contributed by atoms with Gasteiger partial charge in [-0.05, 0) is 106 Å². The number of hydrogen-bond donors (Lipinski definition) is 2. The van der Waals surface area contributed by atoms with Gasteiger partial charge < -0.3 is 19.7 Å². The number of imidazole rings is 2. The van der Waals surface area contributed by atoms with Gasteiger partial charge in [-0.25, -0.2) is 9.97 Å². The average molecular weight is 669 g/mol. The van der Waals surface area contributed by atoms with Crippen molar-refractivity contribution >= 4 is 28.0 Å². The maximum Gasteiger partial charge on any atom is 0.252 e. The summed E-state index contributed by atoms with van der Waals surface area (Å²) in [5, 5.41) is 15.5. The van der Waals surface area contributed by atoms with Crippen molar-refractivity contribution in [2.45, 2.75) is 90.9 Å². The predicted octanol–water partition coefficient (Wildman–Crippen LogP) is 8.71. The van der Waals surface area contributed by atoms with Crippen LogP contribution in [0.2, 0.25) is 0 Å². The van der Waals surface area contributed by atoms with Gasteiger partial charge in [-0.1, -0.05) is 61.5 Å². The molecular formula is C42H48N6O2. The number of rotatable bonds is 8. The largest absolute Gasteiger partial charge is 0.349 e. The zero-order chi connectivity index (χ0) is 35.4. The van der Waals surface area contributed by atoms with Gasteiger partial charge >= 0.3 is 0 Å². The third kappa shape index (κ3) is 6.11. The lowest BCUT2D eigenvalue weighted by atomic mass is 9.79. The summed E-state index contributed by atoms with van der Waals surface area (Å²) in [7, 11) is 2.08. The van der Waals surface area contributed by atoms with Crippen LogP contribution in [0.3, 0.4) is 0 Å². The molecule has 6 aromatic rings. The first-order chi connectivity index (χ1) is 23.9. The highest BCUT2D eigenvalue weighted by atomic mass is 16.5. The summed E-state index contributed by atoms with van der Waals surface area (Å²) >= 11 is 0. The monoisotopic (exact) mass is 668 g/mol. The van der Waals surface area contributed by atoms with Gasteiger partial charge in [0.2, 0.25) is 0 Å². The molecule has 7 rings (SSSR count). The average Bonchev–Trinajstić information content (AvgIpc) is 3.61. The Labute approximate surface area is 294 Å². The summed E-state index contributed by atoms with van der Waals surface area (Å²) in [6, 6.07) is 29.0. The lowest BCUT2D eigenvalue weighted by Crippen LogP contribution is -2.62. The fourth-order valence-corrected chi connectivity index (χ4v) is 8.11. The molecule has 4 aromatic carbocycles. The van der Waals surface area contributed by atoms with Gasteiger partial charge in [-0.2, -0.15) is 5.06 Å². The first-order valence-electron chi connectivity index (χ1n) is 17.8. The number of aromatic nitrogens is 4. The first-order valence-corrected chi connectivity index (χ1v) is 17.8. The summed E-state index contributed by atoms with van der Waals surface area (Å²) in [5.74, 6) is 1.94. The second kappa shape index (κ2) is 12.8. The van der Waals surface area contributed by atoms with Gasteiger partial charge in [-0.15, -0.1) is 0 Å². The highest BCUT2D eigenvalue weighted by molar-refractivity contribution is 6.01. The number of benzene rings is 4. The number of carbonyl (C=O) groups excluding carboxylic acids is 1. The second-order valence-electron chi connectivity index (χ2n) is 15.3. The Balaban J connectivity index is 1.18. The van der Waals surface area contributed by atoms with Gasteiger partial charge in [-0.3, -0.25) is 4.79 Å². The van der Waals surface area contributed by atoms with Crippen molar-refractivity contribution in [1.29, 1.82) is 0 Å². The fraction of sp³-hybridized carbons (Fsp3) is 0.357. The Morgan fingerprint density at radius 1 is 0.880 bits per heavy atom. The lowest BCUT2D eigenvalue weighted by Gasteiger charge is -2.51. The van der Waals surface area contributed by atoms with Crippen molar-refractivity contribution in [3.05, 3.63) is 107 Å². The Bertz CT molecular complexity index is 2190. The van der Waals surface area contributed by atoms with Crippen molar-refractivity contribution < 1.29 is 10.0 Å². The van der Waals surface area contributed by atoms with Crippen molar-refractivity contribution in [3.8, 4) is 22.5 Å². The van der Waals surface area contributed by atoms with E-state index in [0.29, 0.717) is 24.9 Å². The van der Waals surface area contributed by atoms with E-state index in [1.54, 1.807) is 0 Å². The number of nitrogens with one attached hydrogen (secondary N) is 1. The van der Waals surface area contributed by atoms with Crippen LogP contribution in [-0.2, 0) is 20.0 Å². The molecular weight excluding hydrogens is 621 g/mol. The van der Waals surface area contributed by atoms with Crippen LogP contribution < -0.4 is 5.32 Å². The highest BCUT2D eigenvalue weighted by Crippen LogP contribution is 2.37. The van der Waals surface area contributed by atoms with Crippen LogP contribution in [0.25, 0.3) is 44.6 Å². The van der Waals surface area contributed by atoms with E-state index in [0.717, 1.165) is 68.8 Å². The van der Waals surface area contributed by atoms with E-state index in [1.165, 1.54) is 10.6 Å². The highest BCUT2D eigenvalue weighted by Gasteiger charge is 2.45. The first kappa shape index (κ1) is 33.7.